The molecule has 0 N–H and O–H groups in total. The van der Waals surface area contributed by atoms with Gasteiger partial charge in [-0.25, -0.2) is 18.2 Å². The van der Waals surface area contributed by atoms with E-state index in [9.17, 15) is 18.0 Å². The maximum Gasteiger partial charge on any atom is 0.410 e. The monoisotopic (exact) mass is 771 g/mol. The largest absolute Gasteiger partial charge is 0.496 e. The van der Waals surface area contributed by atoms with Crippen molar-refractivity contribution in [3.8, 4) is 16.9 Å². The lowest BCUT2D eigenvalue weighted by atomic mass is 9.51. The van der Waals surface area contributed by atoms with Crippen molar-refractivity contribution < 1.29 is 27.5 Å². The van der Waals surface area contributed by atoms with E-state index < -0.39 is 9.84 Å². The molecule has 1 aliphatic heterocycles. The van der Waals surface area contributed by atoms with E-state index in [1.807, 2.05) is 23.4 Å². The van der Waals surface area contributed by atoms with Crippen LogP contribution in [-0.2, 0) is 30.3 Å². The van der Waals surface area contributed by atoms with E-state index in [4.69, 9.17) is 19.6 Å². The predicted octanol–water partition coefficient (Wildman–Crippen LogP) is 7.46. The molecule has 12 heteroatoms. The van der Waals surface area contributed by atoms with Gasteiger partial charge in [0.05, 0.1) is 24.6 Å². The van der Waals surface area contributed by atoms with Crippen molar-refractivity contribution in [2.45, 2.75) is 114 Å². The van der Waals surface area contributed by atoms with E-state index >= 15 is 0 Å². The normalized spacial score (nSPS) is 27.5. The quantitative estimate of drug-likeness (QED) is 0.197. The van der Waals surface area contributed by atoms with E-state index in [0.717, 1.165) is 68.2 Å². The molecule has 9 rings (SSSR count). The number of methoxy groups -OCH3 is 1. The Morgan fingerprint density at radius 2 is 1.65 bits per heavy atom. The number of nitrogens with zero attached hydrogens (tertiary/aromatic N) is 5. The van der Waals surface area contributed by atoms with Gasteiger partial charge in [0.1, 0.15) is 27.5 Å². The van der Waals surface area contributed by atoms with Crippen molar-refractivity contribution in [3.63, 3.8) is 0 Å². The first-order chi connectivity index (χ1) is 26.3. The molecule has 2 amide bonds. The number of amides is 2. The average Bonchev–Trinajstić information content (AvgIpc) is 3.66. The van der Waals surface area contributed by atoms with Crippen LogP contribution in [0.5, 0.6) is 5.75 Å². The summed E-state index contributed by atoms with van der Waals surface area (Å²) in [5, 5.41) is 4.75. The molecule has 6 aliphatic rings. The van der Waals surface area contributed by atoms with Crippen LogP contribution < -0.4 is 9.64 Å². The molecule has 2 aromatic heterocycles. The van der Waals surface area contributed by atoms with Gasteiger partial charge in [-0.05, 0) is 143 Å². The van der Waals surface area contributed by atoms with Crippen molar-refractivity contribution in [3.05, 3.63) is 60.0 Å². The number of sulfone groups is 1. The molecule has 6 fully saturated rings. The van der Waals surface area contributed by atoms with Crippen LogP contribution in [0.25, 0.3) is 11.1 Å². The van der Waals surface area contributed by atoms with E-state index in [2.05, 4.69) is 49.0 Å². The average molecular weight is 772 g/mol. The fraction of sp³-hybridized carbons (Fsp3) is 0.628. The van der Waals surface area contributed by atoms with Crippen molar-refractivity contribution in [1.29, 1.82) is 0 Å². The van der Waals surface area contributed by atoms with Crippen LogP contribution in [0.3, 0.4) is 0 Å². The molecule has 3 heterocycles. The first-order valence-corrected chi connectivity index (χ1v) is 22.4. The minimum absolute atomic E-state index is 0.0270. The van der Waals surface area contributed by atoms with Gasteiger partial charge in [-0.15, -0.1) is 0 Å². The number of aryl methyl sites for hydroxylation is 1. The van der Waals surface area contributed by atoms with Gasteiger partial charge in [0.25, 0.3) is 0 Å². The number of anilines is 1. The third-order valence-corrected chi connectivity index (χ3v) is 15.2. The van der Waals surface area contributed by atoms with Crippen LogP contribution >= 0.6 is 0 Å². The van der Waals surface area contributed by atoms with E-state index in [-0.39, 0.29) is 52.1 Å². The molecule has 55 heavy (non-hydrogen) atoms. The van der Waals surface area contributed by atoms with Crippen LogP contribution in [0.2, 0.25) is 0 Å². The number of hydrogen-bond donors (Lipinski definition) is 0. The first kappa shape index (κ1) is 38.0. The second-order valence-electron chi connectivity index (χ2n) is 18.0. The second kappa shape index (κ2) is 14.5. The molecular formula is C43H57N5O6S. The van der Waals surface area contributed by atoms with Gasteiger partial charge in [-0.2, -0.15) is 5.10 Å². The molecule has 0 radical (unpaired) electrons. The minimum Gasteiger partial charge on any atom is -0.496 e. The van der Waals surface area contributed by atoms with Crippen LogP contribution in [-0.4, -0.2) is 84.9 Å². The predicted molar refractivity (Wildman–Crippen MR) is 212 cm³/mol. The highest BCUT2D eigenvalue weighted by Crippen LogP contribution is 2.58. The van der Waals surface area contributed by atoms with Gasteiger partial charge in [0.15, 0.2) is 0 Å². The number of carbonyl (C=O) groups is 2. The second-order valence-corrected chi connectivity index (χ2v) is 20.2. The molecular weight excluding hydrogens is 715 g/mol. The van der Waals surface area contributed by atoms with Gasteiger partial charge >= 0.3 is 6.09 Å². The highest BCUT2D eigenvalue weighted by Gasteiger charge is 2.51. The maximum absolute atomic E-state index is 14.8. The fourth-order valence-electron chi connectivity index (χ4n) is 10.3. The van der Waals surface area contributed by atoms with Crippen LogP contribution in [0.4, 0.5) is 10.6 Å². The smallest absolute Gasteiger partial charge is 0.410 e. The van der Waals surface area contributed by atoms with Gasteiger partial charge in [-0.1, -0.05) is 12.1 Å². The summed E-state index contributed by atoms with van der Waals surface area (Å²) in [4.78, 5) is 36.1. The first-order valence-electron chi connectivity index (χ1n) is 20.4. The zero-order valence-electron chi connectivity index (χ0n) is 33.0. The fourth-order valence-corrected chi connectivity index (χ4v) is 11.4. The van der Waals surface area contributed by atoms with Crippen LogP contribution in [0.15, 0.2) is 48.9 Å². The standard InChI is InChI=1S/C43H57N5O6S/c1-30-22-35(8-11-37(30)53-3)43-18-15-42(16-19-43,17-20-43)29-47(38-23-33(12-21-44-38)34-24-45-48(27-34)41(2)13-5-14-41)39(49)32-6-9-36(10-7-32)54-40(50)46-25-31(26-46)28-55(4,51)52/h8,11-12,21-24,27,31-32,36H,5-7,9-10,13-20,25-26,28-29H2,1-4H3. The number of carbonyl (C=O) groups excluding carboxylic acids is 2. The number of rotatable bonds is 11. The van der Waals surface area contributed by atoms with E-state index in [0.29, 0.717) is 51.1 Å². The summed E-state index contributed by atoms with van der Waals surface area (Å²) in [7, 11) is -1.35. The molecule has 1 aromatic carbocycles. The lowest BCUT2D eigenvalue weighted by Crippen LogP contribution is -2.53. The number of hydrogen-bond acceptors (Lipinski definition) is 8. The summed E-state index contributed by atoms with van der Waals surface area (Å²) >= 11 is 0. The van der Waals surface area contributed by atoms with Gasteiger partial charge in [0, 0.05) is 55.7 Å². The molecule has 3 aromatic rings. The Morgan fingerprint density at radius 1 is 0.945 bits per heavy atom. The van der Waals surface area contributed by atoms with Crippen molar-refractivity contribution in [1.82, 2.24) is 19.7 Å². The minimum atomic E-state index is -3.08. The van der Waals surface area contributed by atoms with Gasteiger partial charge in [-0.3, -0.25) is 14.4 Å². The summed E-state index contributed by atoms with van der Waals surface area (Å²) < 4.78 is 36.8. The summed E-state index contributed by atoms with van der Waals surface area (Å²) in [6, 6.07) is 10.8. The number of fused-ring (bicyclic) bond motifs is 3. The van der Waals surface area contributed by atoms with Gasteiger partial charge < -0.3 is 14.4 Å². The zero-order valence-corrected chi connectivity index (χ0v) is 33.8. The molecule has 5 aliphatic carbocycles. The summed E-state index contributed by atoms with van der Waals surface area (Å²) in [6.45, 7) is 5.85. The Labute approximate surface area is 326 Å². The lowest BCUT2D eigenvalue weighted by Gasteiger charge is -2.55. The van der Waals surface area contributed by atoms with Gasteiger partial charge in [0.2, 0.25) is 5.91 Å². The summed E-state index contributed by atoms with van der Waals surface area (Å²) in [6.07, 6.45) is 19.0. The third kappa shape index (κ3) is 7.64. The van der Waals surface area contributed by atoms with Crippen molar-refractivity contribution >= 4 is 27.7 Å². The van der Waals surface area contributed by atoms with E-state index in [1.54, 1.807) is 12.0 Å². The molecule has 2 bridgehead atoms. The molecule has 0 spiro atoms. The maximum atomic E-state index is 14.8. The SMILES string of the molecule is COc1ccc(C23CCC(CN(C(=O)C4CCC(OC(=O)N5CC(CS(C)(=O)=O)C5)CC4)c4cc(-c5cnn(C6(C)CCC6)c5)ccn4)(CC2)CC3)cc1C. The number of likely N-dealkylation sites (tertiary alicyclic amines) is 1. The van der Waals surface area contributed by atoms with Crippen molar-refractivity contribution in [2.24, 2.45) is 17.3 Å². The van der Waals surface area contributed by atoms with E-state index in [1.165, 1.54) is 23.8 Å². The number of pyridine rings is 1. The third-order valence-electron chi connectivity index (χ3n) is 14.1. The molecule has 296 valence electrons. The Hall–Kier alpha value is -3.93. The Morgan fingerprint density at radius 3 is 2.27 bits per heavy atom. The zero-order chi connectivity index (χ0) is 38.6. The Kier molecular flexibility index (Phi) is 10.0. The molecule has 1 saturated heterocycles. The summed E-state index contributed by atoms with van der Waals surface area (Å²) in [5.41, 5.74) is 4.90. The Balaban J connectivity index is 0.977. The highest BCUT2D eigenvalue weighted by molar-refractivity contribution is 7.90. The topological polar surface area (TPSA) is 124 Å². The molecule has 5 saturated carbocycles. The highest BCUT2D eigenvalue weighted by atomic mass is 32.2. The molecule has 11 nitrogen and oxygen atoms in total. The van der Waals surface area contributed by atoms with Crippen molar-refractivity contribution in [2.75, 3.05) is 43.7 Å². The number of aromatic nitrogens is 3. The number of ether oxygens (including phenoxy) is 2. The Bertz CT molecular complexity index is 2000. The van der Waals surface area contributed by atoms with Crippen LogP contribution in [0.1, 0.15) is 102 Å². The molecule has 0 atom stereocenters. The van der Waals surface area contributed by atoms with Crippen LogP contribution in [0, 0.1) is 24.2 Å². The number of benzene rings is 1. The lowest BCUT2D eigenvalue weighted by molar-refractivity contribution is -0.124. The molecule has 0 unspecified atom stereocenters. The summed E-state index contributed by atoms with van der Waals surface area (Å²) in [5.74, 6) is 1.61.